The van der Waals surface area contributed by atoms with Gasteiger partial charge in [-0.25, -0.2) is 0 Å². The third-order valence-corrected chi connectivity index (χ3v) is 4.56. The summed E-state index contributed by atoms with van der Waals surface area (Å²) < 4.78 is 0. The number of carbonyl (C=O) groups excluding carboxylic acids is 3. The number of carbonyl (C=O) groups is 3. The van der Waals surface area contributed by atoms with Crippen LogP contribution < -0.4 is 5.32 Å². The van der Waals surface area contributed by atoms with Crippen LogP contribution in [-0.4, -0.2) is 65.7 Å². The zero-order valence-electron chi connectivity index (χ0n) is 13.1. The third-order valence-electron chi connectivity index (χ3n) is 4.56. The summed E-state index contributed by atoms with van der Waals surface area (Å²) in [5.41, 5.74) is -0.446. The maximum Gasteiger partial charge on any atom is 0.272 e. The van der Waals surface area contributed by atoms with Crippen molar-refractivity contribution in [2.24, 2.45) is 5.41 Å². The predicted molar refractivity (Wildman–Crippen MR) is 82.5 cm³/mol. The topological polar surface area (TPSA) is 82.6 Å². The minimum atomic E-state index is -0.859. The molecule has 2 fully saturated rings. The summed E-state index contributed by atoms with van der Waals surface area (Å²) in [4.78, 5) is 44.3. The smallest absolute Gasteiger partial charge is 0.272 e. The van der Waals surface area contributed by atoms with Crippen molar-refractivity contribution in [2.75, 3.05) is 33.2 Å². The van der Waals surface area contributed by atoms with Gasteiger partial charge in [-0.15, -0.1) is 0 Å². The van der Waals surface area contributed by atoms with E-state index >= 15 is 0 Å². The monoisotopic (exact) mass is 316 g/mol. The van der Waals surface area contributed by atoms with Crippen LogP contribution in [0.15, 0.2) is 24.4 Å². The van der Waals surface area contributed by atoms with Crippen molar-refractivity contribution >= 4 is 17.7 Å². The lowest BCUT2D eigenvalue weighted by Crippen LogP contribution is -2.54. The van der Waals surface area contributed by atoms with Crippen LogP contribution in [0, 0.1) is 5.41 Å². The maximum absolute atomic E-state index is 12.6. The quantitative estimate of drug-likeness (QED) is 0.789. The molecule has 1 aromatic heterocycles. The van der Waals surface area contributed by atoms with Gasteiger partial charge in [0.25, 0.3) is 5.91 Å². The van der Waals surface area contributed by atoms with E-state index in [0.717, 1.165) is 0 Å². The fourth-order valence-electron chi connectivity index (χ4n) is 2.97. The molecule has 122 valence electrons. The molecule has 7 nitrogen and oxygen atoms in total. The molecule has 0 bridgehead atoms. The minimum absolute atomic E-state index is 0.109. The Hall–Kier alpha value is -2.44. The predicted octanol–water partition coefficient (Wildman–Crippen LogP) is -0.108. The second-order valence-corrected chi connectivity index (χ2v) is 5.96. The molecule has 3 amide bonds. The van der Waals surface area contributed by atoms with Gasteiger partial charge in [-0.1, -0.05) is 6.07 Å². The van der Waals surface area contributed by atoms with Crippen LogP contribution in [0.3, 0.4) is 0 Å². The van der Waals surface area contributed by atoms with E-state index in [2.05, 4.69) is 10.3 Å². The Morgan fingerprint density at radius 2 is 1.74 bits per heavy atom. The number of hydrogen-bond donors (Lipinski definition) is 1. The van der Waals surface area contributed by atoms with E-state index in [-0.39, 0.29) is 17.7 Å². The lowest BCUT2D eigenvalue weighted by molar-refractivity contribution is -0.145. The summed E-state index contributed by atoms with van der Waals surface area (Å²) in [7, 11) is 1.55. The molecular weight excluding hydrogens is 296 g/mol. The number of aromatic nitrogens is 1. The van der Waals surface area contributed by atoms with Crippen molar-refractivity contribution in [3.63, 3.8) is 0 Å². The van der Waals surface area contributed by atoms with Gasteiger partial charge in [-0.2, -0.15) is 0 Å². The number of amides is 3. The standard InChI is InChI=1S/C16H20N4O3/c1-17-14(22)16(5-6-16)15(23)20-10-8-19(9-11-20)13(21)12-4-2-3-7-18-12/h2-4,7H,5-6,8-11H2,1H3,(H,17,22). The fraction of sp³-hybridized carbons (Fsp3) is 0.500. The zero-order valence-corrected chi connectivity index (χ0v) is 13.1. The van der Waals surface area contributed by atoms with Gasteiger partial charge >= 0.3 is 0 Å². The molecule has 7 heteroatoms. The van der Waals surface area contributed by atoms with E-state index in [1.165, 1.54) is 0 Å². The van der Waals surface area contributed by atoms with Gasteiger partial charge in [-0.05, 0) is 25.0 Å². The molecule has 1 aliphatic heterocycles. The number of nitrogens with zero attached hydrogens (tertiary/aromatic N) is 3. The van der Waals surface area contributed by atoms with Crippen LogP contribution in [-0.2, 0) is 9.59 Å². The van der Waals surface area contributed by atoms with Crippen molar-refractivity contribution in [2.45, 2.75) is 12.8 Å². The van der Waals surface area contributed by atoms with E-state index in [1.807, 2.05) is 0 Å². The zero-order chi connectivity index (χ0) is 16.4. The molecule has 0 aromatic carbocycles. The van der Waals surface area contributed by atoms with Gasteiger partial charge in [0.05, 0.1) is 0 Å². The van der Waals surface area contributed by atoms with E-state index in [4.69, 9.17) is 0 Å². The molecule has 2 heterocycles. The Balaban J connectivity index is 1.60. The lowest BCUT2D eigenvalue weighted by atomic mass is 10.0. The summed E-state index contributed by atoms with van der Waals surface area (Å²) in [6, 6.07) is 5.23. The Labute approximate surface area is 134 Å². The molecule has 1 saturated heterocycles. The SMILES string of the molecule is CNC(=O)C1(C(=O)N2CCN(C(=O)c3ccccn3)CC2)CC1. The van der Waals surface area contributed by atoms with Crippen LogP contribution in [0.4, 0.5) is 0 Å². The van der Waals surface area contributed by atoms with Crippen molar-refractivity contribution < 1.29 is 14.4 Å². The third kappa shape index (κ3) is 2.78. The van der Waals surface area contributed by atoms with Gasteiger partial charge in [0.1, 0.15) is 11.1 Å². The molecule has 23 heavy (non-hydrogen) atoms. The summed E-state index contributed by atoms with van der Waals surface area (Å²) in [6.07, 6.45) is 2.81. The number of piperazine rings is 1. The Morgan fingerprint density at radius 3 is 2.26 bits per heavy atom. The van der Waals surface area contributed by atoms with Gasteiger partial charge < -0.3 is 15.1 Å². The van der Waals surface area contributed by atoms with Crippen LogP contribution in [0.25, 0.3) is 0 Å². The highest BCUT2D eigenvalue weighted by Gasteiger charge is 2.57. The number of hydrogen-bond acceptors (Lipinski definition) is 4. The minimum Gasteiger partial charge on any atom is -0.358 e. The summed E-state index contributed by atoms with van der Waals surface area (Å²) in [6.45, 7) is 1.84. The summed E-state index contributed by atoms with van der Waals surface area (Å²) >= 11 is 0. The molecular formula is C16H20N4O3. The molecule has 0 atom stereocenters. The van der Waals surface area contributed by atoms with Crippen molar-refractivity contribution in [3.8, 4) is 0 Å². The first-order valence-corrected chi connectivity index (χ1v) is 7.80. The lowest BCUT2D eigenvalue weighted by Gasteiger charge is -2.36. The molecule has 3 rings (SSSR count). The number of pyridine rings is 1. The largest absolute Gasteiger partial charge is 0.358 e. The van der Waals surface area contributed by atoms with Gasteiger partial charge in [-0.3, -0.25) is 19.4 Å². The highest BCUT2D eigenvalue weighted by atomic mass is 16.2. The van der Waals surface area contributed by atoms with Gasteiger partial charge in [0, 0.05) is 39.4 Å². The molecule has 0 unspecified atom stereocenters. The second kappa shape index (κ2) is 5.98. The van der Waals surface area contributed by atoms with Crippen LogP contribution >= 0.6 is 0 Å². The van der Waals surface area contributed by atoms with Gasteiger partial charge in [0.2, 0.25) is 11.8 Å². The van der Waals surface area contributed by atoms with E-state index in [1.54, 1.807) is 41.2 Å². The van der Waals surface area contributed by atoms with Crippen LogP contribution in [0.1, 0.15) is 23.3 Å². The summed E-state index contributed by atoms with van der Waals surface area (Å²) in [5, 5.41) is 2.58. The number of nitrogens with one attached hydrogen (secondary N) is 1. The van der Waals surface area contributed by atoms with Crippen molar-refractivity contribution in [3.05, 3.63) is 30.1 Å². The normalized spacial score (nSPS) is 19.2. The highest BCUT2D eigenvalue weighted by molar-refractivity contribution is 6.07. The molecule has 0 spiro atoms. The molecule has 1 aliphatic carbocycles. The summed E-state index contributed by atoms with van der Waals surface area (Å²) in [5.74, 6) is -0.429. The average molecular weight is 316 g/mol. The second-order valence-electron chi connectivity index (χ2n) is 5.96. The first kappa shape index (κ1) is 15.5. The molecule has 1 N–H and O–H groups in total. The average Bonchev–Trinajstić information content (AvgIpc) is 3.42. The van der Waals surface area contributed by atoms with E-state index < -0.39 is 5.41 Å². The van der Waals surface area contributed by atoms with E-state index in [0.29, 0.717) is 44.7 Å². The first-order valence-electron chi connectivity index (χ1n) is 7.80. The van der Waals surface area contributed by atoms with Crippen molar-refractivity contribution in [1.82, 2.24) is 20.1 Å². The fourth-order valence-corrected chi connectivity index (χ4v) is 2.97. The molecule has 1 saturated carbocycles. The van der Waals surface area contributed by atoms with Crippen molar-refractivity contribution in [1.29, 1.82) is 0 Å². The number of rotatable bonds is 3. The highest BCUT2D eigenvalue weighted by Crippen LogP contribution is 2.47. The van der Waals surface area contributed by atoms with E-state index in [9.17, 15) is 14.4 Å². The molecule has 1 aromatic rings. The maximum atomic E-state index is 12.6. The van der Waals surface area contributed by atoms with Gasteiger partial charge in [0.15, 0.2) is 0 Å². The Kier molecular flexibility index (Phi) is 4.02. The van der Waals surface area contributed by atoms with Crippen LogP contribution in [0.2, 0.25) is 0 Å². The van der Waals surface area contributed by atoms with Crippen LogP contribution in [0.5, 0.6) is 0 Å². The molecule has 2 aliphatic rings. The molecule has 0 radical (unpaired) electrons. The Bertz CT molecular complexity index is 619. The first-order chi connectivity index (χ1) is 11.1. The Morgan fingerprint density at radius 1 is 1.09 bits per heavy atom.